The Kier molecular flexibility index (Phi) is 7.21. The summed E-state index contributed by atoms with van der Waals surface area (Å²) in [6.45, 7) is 2.94. The summed E-state index contributed by atoms with van der Waals surface area (Å²) in [5, 5.41) is 10.5. The van der Waals surface area contributed by atoms with Crippen LogP contribution in [0, 0.1) is 0 Å². The molecule has 1 N–H and O–H groups in total. The summed E-state index contributed by atoms with van der Waals surface area (Å²) in [5.41, 5.74) is 2.04. The Morgan fingerprint density at radius 2 is 1.96 bits per heavy atom. The third-order valence-corrected chi connectivity index (χ3v) is 5.30. The molecule has 1 aromatic carbocycles. The molecule has 1 saturated heterocycles. The Morgan fingerprint density at radius 1 is 1.15 bits per heavy atom. The van der Waals surface area contributed by atoms with Crippen LogP contribution in [0.1, 0.15) is 30.1 Å². The predicted octanol–water partition coefficient (Wildman–Crippen LogP) is 2.94. The van der Waals surface area contributed by atoms with Crippen molar-refractivity contribution in [3.8, 4) is 0 Å². The Morgan fingerprint density at radius 3 is 2.63 bits per heavy atom. The first-order valence-electron chi connectivity index (χ1n) is 9.45. The smallest absolute Gasteiger partial charge is 0.222 e. The largest absolute Gasteiger partial charge is 0.394 e. The normalized spacial score (nSPS) is 16.3. The SMILES string of the molecule is O=C(CCCc1ccccn1)N1CCN([C@H](CO)c2cccc(Cl)c2)CC1. The fraction of sp³-hybridized carbons (Fsp3) is 0.429. The van der Waals surface area contributed by atoms with Gasteiger partial charge in [0.25, 0.3) is 0 Å². The second-order valence-corrected chi connectivity index (χ2v) is 7.28. The van der Waals surface area contributed by atoms with Crippen molar-refractivity contribution in [1.82, 2.24) is 14.8 Å². The predicted molar refractivity (Wildman–Crippen MR) is 107 cm³/mol. The van der Waals surface area contributed by atoms with E-state index in [1.165, 1.54) is 0 Å². The molecule has 0 bridgehead atoms. The van der Waals surface area contributed by atoms with Crippen molar-refractivity contribution in [2.24, 2.45) is 0 Å². The van der Waals surface area contributed by atoms with Gasteiger partial charge in [-0.1, -0.05) is 29.8 Å². The molecule has 1 fully saturated rings. The lowest BCUT2D eigenvalue weighted by Crippen LogP contribution is -2.50. The van der Waals surface area contributed by atoms with Gasteiger partial charge in [0, 0.05) is 49.5 Å². The van der Waals surface area contributed by atoms with Crippen LogP contribution >= 0.6 is 11.6 Å². The maximum atomic E-state index is 12.5. The van der Waals surface area contributed by atoms with Crippen molar-refractivity contribution in [2.45, 2.75) is 25.3 Å². The monoisotopic (exact) mass is 387 g/mol. The fourth-order valence-corrected chi connectivity index (χ4v) is 3.75. The first kappa shape index (κ1) is 19.8. The highest BCUT2D eigenvalue weighted by Crippen LogP contribution is 2.24. The van der Waals surface area contributed by atoms with E-state index in [2.05, 4.69) is 9.88 Å². The van der Waals surface area contributed by atoms with E-state index in [0.29, 0.717) is 24.5 Å². The quantitative estimate of drug-likeness (QED) is 0.793. The minimum atomic E-state index is -0.0786. The van der Waals surface area contributed by atoms with Gasteiger partial charge in [-0.3, -0.25) is 14.7 Å². The molecule has 2 heterocycles. The second kappa shape index (κ2) is 9.83. The maximum Gasteiger partial charge on any atom is 0.222 e. The van der Waals surface area contributed by atoms with Crippen molar-refractivity contribution < 1.29 is 9.90 Å². The van der Waals surface area contributed by atoms with Crippen LogP contribution in [-0.2, 0) is 11.2 Å². The van der Waals surface area contributed by atoms with Gasteiger partial charge in [0.1, 0.15) is 0 Å². The number of amides is 1. The number of carbonyl (C=O) groups excluding carboxylic acids is 1. The molecule has 0 saturated carbocycles. The number of aliphatic hydroxyl groups is 1. The van der Waals surface area contributed by atoms with E-state index in [0.717, 1.165) is 37.2 Å². The molecule has 1 aromatic heterocycles. The zero-order chi connectivity index (χ0) is 19.1. The molecule has 6 heteroatoms. The molecule has 144 valence electrons. The molecule has 5 nitrogen and oxygen atoms in total. The number of aryl methyl sites for hydroxylation is 1. The van der Waals surface area contributed by atoms with Crippen LogP contribution in [0.2, 0.25) is 5.02 Å². The van der Waals surface area contributed by atoms with E-state index in [-0.39, 0.29) is 18.6 Å². The van der Waals surface area contributed by atoms with Crippen molar-refractivity contribution in [1.29, 1.82) is 0 Å². The van der Waals surface area contributed by atoms with E-state index in [4.69, 9.17) is 11.6 Å². The number of hydrogen-bond donors (Lipinski definition) is 1. The zero-order valence-corrected chi connectivity index (χ0v) is 16.2. The van der Waals surface area contributed by atoms with Gasteiger partial charge in [0.15, 0.2) is 0 Å². The molecular formula is C21H26ClN3O2. The Hall–Kier alpha value is -1.95. The summed E-state index contributed by atoms with van der Waals surface area (Å²) in [6.07, 6.45) is 3.98. The highest BCUT2D eigenvalue weighted by atomic mass is 35.5. The number of pyridine rings is 1. The number of halogens is 1. The molecular weight excluding hydrogens is 362 g/mol. The van der Waals surface area contributed by atoms with Crippen LogP contribution in [-0.4, -0.2) is 58.6 Å². The number of aliphatic hydroxyl groups excluding tert-OH is 1. The molecule has 0 spiro atoms. The van der Waals surface area contributed by atoms with Crippen LogP contribution in [0.4, 0.5) is 0 Å². The minimum Gasteiger partial charge on any atom is -0.394 e. The maximum absolute atomic E-state index is 12.5. The molecule has 1 aliphatic heterocycles. The topological polar surface area (TPSA) is 56.7 Å². The van der Waals surface area contributed by atoms with Crippen LogP contribution in [0.3, 0.4) is 0 Å². The van der Waals surface area contributed by atoms with Gasteiger partial charge < -0.3 is 10.0 Å². The highest BCUT2D eigenvalue weighted by Gasteiger charge is 2.26. The van der Waals surface area contributed by atoms with E-state index < -0.39 is 0 Å². The molecule has 1 atom stereocenters. The zero-order valence-electron chi connectivity index (χ0n) is 15.4. The lowest BCUT2D eigenvalue weighted by molar-refractivity contribution is -0.133. The number of benzene rings is 1. The first-order chi connectivity index (χ1) is 13.2. The minimum absolute atomic E-state index is 0.0400. The summed E-state index contributed by atoms with van der Waals surface area (Å²) in [4.78, 5) is 20.9. The molecule has 0 aliphatic carbocycles. The van der Waals surface area contributed by atoms with Crippen molar-refractivity contribution in [3.63, 3.8) is 0 Å². The Labute approximate surface area is 165 Å². The molecule has 3 rings (SSSR count). The van der Waals surface area contributed by atoms with Gasteiger partial charge in [-0.25, -0.2) is 0 Å². The summed E-state index contributed by atoms with van der Waals surface area (Å²) in [6, 6.07) is 13.4. The van der Waals surface area contributed by atoms with Gasteiger partial charge in [0.05, 0.1) is 12.6 Å². The van der Waals surface area contributed by atoms with Crippen molar-refractivity contribution >= 4 is 17.5 Å². The van der Waals surface area contributed by atoms with Gasteiger partial charge >= 0.3 is 0 Å². The average Bonchev–Trinajstić information content (AvgIpc) is 2.70. The van der Waals surface area contributed by atoms with Gasteiger partial charge in [-0.05, 0) is 42.7 Å². The molecule has 27 heavy (non-hydrogen) atoms. The number of nitrogens with zero attached hydrogens (tertiary/aromatic N) is 3. The Bertz CT molecular complexity index is 733. The van der Waals surface area contributed by atoms with E-state index in [1.54, 1.807) is 6.20 Å². The third-order valence-electron chi connectivity index (χ3n) is 5.06. The number of carbonyl (C=O) groups is 1. The van der Waals surface area contributed by atoms with E-state index in [9.17, 15) is 9.90 Å². The molecule has 2 aromatic rings. The van der Waals surface area contributed by atoms with Gasteiger partial charge in [-0.2, -0.15) is 0 Å². The van der Waals surface area contributed by atoms with Crippen molar-refractivity contribution in [2.75, 3.05) is 32.8 Å². The van der Waals surface area contributed by atoms with Crippen LogP contribution < -0.4 is 0 Å². The first-order valence-corrected chi connectivity index (χ1v) is 9.83. The number of hydrogen-bond acceptors (Lipinski definition) is 4. The highest BCUT2D eigenvalue weighted by molar-refractivity contribution is 6.30. The number of rotatable bonds is 7. The molecule has 0 radical (unpaired) electrons. The average molecular weight is 388 g/mol. The summed E-state index contributed by atoms with van der Waals surface area (Å²) < 4.78 is 0. The van der Waals surface area contributed by atoms with E-state index in [1.807, 2.05) is 47.4 Å². The summed E-state index contributed by atoms with van der Waals surface area (Å²) in [7, 11) is 0. The molecule has 1 aliphatic rings. The third kappa shape index (κ3) is 5.51. The van der Waals surface area contributed by atoms with Crippen LogP contribution in [0.25, 0.3) is 0 Å². The fourth-order valence-electron chi connectivity index (χ4n) is 3.55. The summed E-state index contributed by atoms with van der Waals surface area (Å²) >= 11 is 6.08. The van der Waals surface area contributed by atoms with Crippen LogP contribution in [0.5, 0.6) is 0 Å². The number of piperazine rings is 1. The molecule has 1 amide bonds. The Balaban J connectivity index is 1.46. The lowest BCUT2D eigenvalue weighted by Gasteiger charge is -2.39. The van der Waals surface area contributed by atoms with Crippen molar-refractivity contribution in [3.05, 3.63) is 64.9 Å². The second-order valence-electron chi connectivity index (χ2n) is 6.84. The standard InChI is InChI=1S/C21H26ClN3O2/c22-18-6-3-5-17(15-18)20(16-26)24-11-13-25(14-12-24)21(27)9-4-8-19-7-1-2-10-23-19/h1-3,5-7,10,15,20,26H,4,8-9,11-14,16H2/t20-/m1/s1. The van der Waals surface area contributed by atoms with Crippen LogP contribution in [0.15, 0.2) is 48.7 Å². The lowest BCUT2D eigenvalue weighted by atomic mass is 10.0. The van der Waals surface area contributed by atoms with Gasteiger partial charge in [0.2, 0.25) is 5.91 Å². The molecule has 0 unspecified atom stereocenters. The summed E-state index contributed by atoms with van der Waals surface area (Å²) in [5.74, 6) is 0.203. The van der Waals surface area contributed by atoms with Gasteiger partial charge in [-0.15, -0.1) is 0 Å². The van der Waals surface area contributed by atoms with E-state index >= 15 is 0 Å². The number of aromatic nitrogens is 1.